The Morgan fingerprint density at radius 1 is 1.26 bits per heavy atom. The van der Waals surface area contributed by atoms with E-state index in [0.717, 1.165) is 12.8 Å². The number of amides is 2. The third-order valence-electron chi connectivity index (χ3n) is 3.33. The van der Waals surface area contributed by atoms with Crippen LogP contribution in [0.3, 0.4) is 0 Å². The third kappa shape index (κ3) is 6.27. The molecule has 0 aromatic carbocycles. The van der Waals surface area contributed by atoms with Gasteiger partial charge >= 0.3 is 6.03 Å². The van der Waals surface area contributed by atoms with Crippen molar-refractivity contribution in [3.8, 4) is 0 Å². The summed E-state index contributed by atoms with van der Waals surface area (Å²) in [6, 6.07) is -0.0263. The number of nitrogens with zero attached hydrogens (tertiary/aromatic N) is 1. The van der Waals surface area contributed by atoms with Gasteiger partial charge in [-0.05, 0) is 25.2 Å². The normalized spacial score (nSPS) is 20.9. The second kappa shape index (κ2) is 6.11. The zero-order chi connectivity index (χ0) is 14.7. The molecule has 0 radical (unpaired) electrons. The van der Waals surface area contributed by atoms with E-state index in [4.69, 9.17) is 0 Å². The number of nitrogens with one attached hydrogen (secondary N) is 1. The van der Waals surface area contributed by atoms with E-state index in [1.807, 2.05) is 6.92 Å². The molecule has 6 heteroatoms. The molecule has 1 unspecified atom stereocenters. The average molecular weight is 290 g/mol. The van der Waals surface area contributed by atoms with Crippen molar-refractivity contribution < 1.29 is 13.2 Å². The van der Waals surface area contributed by atoms with Crippen molar-refractivity contribution in [1.29, 1.82) is 0 Å². The quantitative estimate of drug-likeness (QED) is 0.859. The van der Waals surface area contributed by atoms with E-state index >= 15 is 0 Å². The van der Waals surface area contributed by atoms with Crippen molar-refractivity contribution >= 4 is 15.9 Å². The molecule has 1 saturated heterocycles. The summed E-state index contributed by atoms with van der Waals surface area (Å²) in [6.45, 7) is 9.13. The van der Waals surface area contributed by atoms with Crippen LogP contribution in [0, 0.1) is 5.41 Å². The Morgan fingerprint density at radius 3 is 2.26 bits per heavy atom. The summed E-state index contributed by atoms with van der Waals surface area (Å²) < 4.78 is 22.6. The largest absolute Gasteiger partial charge is 0.336 e. The van der Waals surface area contributed by atoms with E-state index in [1.165, 1.54) is 0 Å². The van der Waals surface area contributed by atoms with Gasteiger partial charge < -0.3 is 10.2 Å². The number of rotatable bonds is 3. The summed E-state index contributed by atoms with van der Waals surface area (Å²) in [6.07, 6.45) is 1.98. The van der Waals surface area contributed by atoms with E-state index in [0.29, 0.717) is 13.1 Å². The highest BCUT2D eigenvalue weighted by atomic mass is 32.2. The Kier molecular flexibility index (Phi) is 5.24. The highest BCUT2D eigenvalue weighted by molar-refractivity contribution is 7.91. The van der Waals surface area contributed by atoms with Crippen molar-refractivity contribution in [3.63, 3.8) is 0 Å². The van der Waals surface area contributed by atoms with Gasteiger partial charge in [-0.3, -0.25) is 0 Å². The molecular formula is C13H26N2O3S. The Labute approximate surface area is 116 Å². The SMILES string of the molecule is CC(CCC(C)(C)C)NC(=O)N1CCS(=O)(=O)CC1. The maximum atomic E-state index is 12.0. The van der Waals surface area contributed by atoms with Gasteiger partial charge in [0, 0.05) is 19.1 Å². The molecule has 0 aliphatic carbocycles. The van der Waals surface area contributed by atoms with E-state index in [-0.39, 0.29) is 29.0 Å². The van der Waals surface area contributed by atoms with Crippen LogP contribution in [0.5, 0.6) is 0 Å². The molecule has 1 rings (SSSR count). The predicted molar refractivity (Wildman–Crippen MR) is 76.9 cm³/mol. The Bertz CT molecular complexity index is 398. The zero-order valence-electron chi connectivity index (χ0n) is 12.4. The standard InChI is InChI=1S/C13H26N2O3S/c1-11(5-6-13(2,3)4)14-12(16)15-7-9-19(17,18)10-8-15/h11H,5-10H2,1-4H3,(H,14,16). The van der Waals surface area contributed by atoms with Crippen LogP contribution in [0.15, 0.2) is 0 Å². The highest BCUT2D eigenvalue weighted by Crippen LogP contribution is 2.21. The Balaban J connectivity index is 2.35. The maximum absolute atomic E-state index is 12.0. The maximum Gasteiger partial charge on any atom is 0.317 e. The van der Waals surface area contributed by atoms with Crippen LogP contribution in [-0.4, -0.2) is 50.0 Å². The fraction of sp³-hybridized carbons (Fsp3) is 0.923. The molecule has 0 bridgehead atoms. The fourth-order valence-electron chi connectivity index (χ4n) is 1.94. The van der Waals surface area contributed by atoms with Crippen molar-refractivity contribution in [3.05, 3.63) is 0 Å². The van der Waals surface area contributed by atoms with Gasteiger partial charge in [-0.25, -0.2) is 13.2 Å². The minimum Gasteiger partial charge on any atom is -0.336 e. The molecule has 0 aromatic rings. The number of sulfone groups is 1. The predicted octanol–water partition coefficient (Wildman–Crippen LogP) is 1.64. The lowest BCUT2D eigenvalue weighted by Crippen LogP contribution is -2.50. The number of hydrogen-bond donors (Lipinski definition) is 1. The lowest BCUT2D eigenvalue weighted by molar-refractivity contribution is 0.196. The molecule has 2 amide bonds. The van der Waals surface area contributed by atoms with Gasteiger partial charge in [-0.1, -0.05) is 20.8 Å². The van der Waals surface area contributed by atoms with Crippen molar-refractivity contribution in [1.82, 2.24) is 10.2 Å². The highest BCUT2D eigenvalue weighted by Gasteiger charge is 2.25. The van der Waals surface area contributed by atoms with Crippen LogP contribution in [-0.2, 0) is 9.84 Å². The fourth-order valence-corrected chi connectivity index (χ4v) is 3.14. The molecule has 1 atom stereocenters. The monoisotopic (exact) mass is 290 g/mol. The molecule has 1 N–H and O–H groups in total. The van der Waals surface area contributed by atoms with Crippen LogP contribution < -0.4 is 5.32 Å². The molecule has 112 valence electrons. The zero-order valence-corrected chi connectivity index (χ0v) is 13.2. The summed E-state index contributed by atoms with van der Waals surface area (Å²) in [7, 11) is -2.93. The first-order valence-corrected chi connectivity index (χ1v) is 8.67. The summed E-state index contributed by atoms with van der Waals surface area (Å²) in [5, 5.41) is 2.94. The molecule has 19 heavy (non-hydrogen) atoms. The van der Waals surface area contributed by atoms with E-state index in [1.54, 1.807) is 4.90 Å². The second-order valence-corrected chi connectivity index (χ2v) is 8.89. The van der Waals surface area contributed by atoms with E-state index in [2.05, 4.69) is 26.1 Å². The average Bonchev–Trinajstić information content (AvgIpc) is 2.25. The van der Waals surface area contributed by atoms with Crippen molar-refractivity contribution in [2.45, 2.75) is 46.6 Å². The molecule has 0 saturated carbocycles. The minimum absolute atomic E-state index is 0.0802. The van der Waals surface area contributed by atoms with Gasteiger partial charge in [0.25, 0.3) is 0 Å². The van der Waals surface area contributed by atoms with Gasteiger partial charge in [0.05, 0.1) is 11.5 Å². The molecule has 1 aliphatic heterocycles. The summed E-state index contributed by atoms with van der Waals surface area (Å²) in [4.78, 5) is 13.6. The molecule has 5 nitrogen and oxygen atoms in total. The minimum atomic E-state index is -2.93. The van der Waals surface area contributed by atoms with Gasteiger partial charge in [0.1, 0.15) is 0 Å². The van der Waals surface area contributed by atoms with Gasteiger partial charge in [0.15, 0.2) is 9.84 Å². The molecule has 0 spiro atoms. The smallest absolute Gasteiger partial charge is 0.317 e. The number of carbonyl (C=O) groups excluding carboxylic acids is 1. The van der Waals surface area contributed by atoms with Crippen LogP contribution in [0.4, 0.5) is 4.79 Å². The van der Waals surface area contributed by atoms with E-state index < -0.39 is 9.84 Å². The topological polar surface area (TPSA) is 66.5 Å². The number of hydrogen-bond acceptors (Lipinski definition) is 3. The number of carbonyl (C=O) groups is 1. The van der Waals surface area contributed by atoms with Crippen molar-refractivity contribution in [2.24, 2.45) is 5.41 Å². The first kappa shape index (κ1) is 16.3. The molecular weight excluding hydrogens is 264 g/mol. The Morgan fingerprint density at radius 2 is 1.79 bits per heavy atom. The first-order valence-electron chi connectivity index (χ1n) is 6.85. The van der Waals surface area contributed by atoms with Crippen molar-refractivity contribution in [2.75, 3.05) is 24.6 Å². The van der Waals surface area contributed by atoms with Crippen LogP contribution in [0.25, 0.3) is 0 Å². The summed E-state index contributed by atoms with van der Waals surface area (Å²) in [5.74, 6) is 0.160. The summed E-state index contributed by atoms with van der Waals surface area (Å²) in [5.41, 5.74) is 0.262. The third-order valence-corrected chi connectivity index (χ3v) is 4.94. The lowest BCUT2D eigenvalue weighted by Gasteiger charge is -2.29. The van der Waals surface area contributed by atoms with Crippen LogP contribution in [0.1, 0.15) is 40.5 Å². The first-order chi connectivity index (χ1) is 8.59. The molecule has 0 aromatic heterocycles. The molecule has 1 fully saturated rings. The molecule has 1 heterocycles. The number of urea groups is 1. The molecule has 1 aliphatic rings. The van der Waals surface area contributed by atoms with Crippen LogP contribution in [0.2, 0.25) is 0 Å². The van der Waals surface area contributed by atoms with Crippen LogP contribution >= 0.6 is 0 Å². The van der Waals surface area contributed by atoms with Gasteiger partial charge in [-0.2, -0.15) is 0 Å². The van der Waals surface area contributed by atoms with Gasteiger partial charge in [-0.15, -0.1) is 0 Å². The Hall–Kier alpha value is -0.780. The lowest BCUT2D eigenvalue weighted by atomic mass is 9.89. The summed E-state index contributed by atoms with van der Waals surface area (Å²) >= 11 is 0. The van der Waals surface area contributed by atoms with Gasteiger partial charge in [0.2, 0.25) is 0 Å². The second-order valence-electron chi connectivity index (χ2n) is 6.59. The van der Waals surface area contributed by atoms with E-state index in [9.17, 15) is 13.2 Å².